The Labute approximate surface area is 313 Å². The number of methoxy groups -OCH3 is 1. The molecule has 0 aromatic carbocycles. The van der Waals surface area contributed by atoms with Crippen LogP contribution in [-0.2, 0) is 42.7 Å². The van der Waals surface area contributed by atoms with Crippen molar-refractivity contribution in [1.82, 2.24) is 0 Å². The van der Waals surface area contributed by atoms with E-state index in [2.05, 4.69) is 20.4 Å². The maximum absolute atomic E-state index is 13.9. The zero-order chi connectivity index (χ0) is 37.6. The molecule has 0 saturated carbocycles. The first-order chi connectivity index (χ1) is 25.4. The predicted octanol–water partition coefficient (Wildman–Crippen LogP) is 2.35. The molecule has 8 bridgehead atoms. The minimum Gasteiger partial charge on any atom is -0.394 e. The van der Waals surface area contributed by atoms with Crippen molar-refractivity contribution in [3.8, 4) is 0 Å². The molecule has 13 heteroatoms. The Balaban J connectivity index is 1.11. The average Bonchev–Trinajstić information content (AvgIpc) is 3.76. The van der Waals surface area contributed by atoms with E-state index in [9.17, 15) is 30.0 Å². The summed E-state index contributed by atoms with van der Waals surface area (Å²) in [4.78, 5) is 27.0. The second-order valence-corrected chi connectivity index (χ2v) is 17.2. The number of hydrogen-bond donors (Lipinski definition) is 4. The molecular weight excluding hydrogens is 688 g/mol. The molecule has 13 nitrogen and oxygen atoms in total. The molecule has 0 aromatic rings. The Morgan fingerprint density at radius 3 is 2.23 bits per heavy atom. The van der Waals surface area contributed by atoms with Crippen molar-refractivity contribution < 1.29 is 63.2 Å². The molecule has 7 heterocycles. The summed E-state index contributed by atoms with van der Waals surface area (Å²) in [6.45, 7) is 8.40. The van der Waals surface area contributed by atoms with Crippen molar-refractivity contribution in [3.63, 3.8) is 0 Å². The summed E-state index contributed by atoms with van der Waals surface area (Å²) in [5.41, 5.74) is 1.00. The molecular formula is C40H62O13. The Kier molecular flexibility index (Phi) is 12.8. The third kappa shape index (κ3) is 8.66. The highest BCUT2D eigenvalue weighted by Gasteiger charge is 2.57. The Morgan fingerprint density at radius 2 is 1.45 bits per heavy atom. The fraction of sp³-hybridized carbons (Fsp3) is 0.900. The van der Waals surface area contributed by atoms with E-state index >= 15 is 0 Å². The maximum atomic E-state index is 13.9. The number of rotatable bonds is 4. The lowest BCUT2D eigenvalue weighted by Crippen LogP contribution is -2.61. The van der Waals surface area contributed by atoms with Gasteiger partial charge in [0.05, 0.1) is 73.8 Å². The molecule has 11 unspecified atom stereocenters. The smallest absolute Gasteiger partial charge is 0.135 e. The number of fused-ring (bicyclic) bond motifs is 7. The van der Waals surface area contributed by atoms with E-state index in [0.29, 0.717) is 38.0 Å². The van der Waals surface area contributed by atoms with Crippen molar-refractivity contribution in [2.75, 3.05) is 13.7 Å². The van der Waals surface area contributed by atoms with Gasteiger partial charge in [-0.15, -0.1) is 0 Å². The number of aliphatic hydroxyl groups is 4. The van der Waals surface area contributed by atoms with Gasteiger partial charge in [-0.1, -0.05) is 20.4 Å². The largest absolute Gasteiger partial charge is 0.394 e. The molecule has 7 aliphatic rings. The van der Waals surface area contributed by atoms with Gasteiger partial charge in [0, 0.05) is 51.6 Å². The molecule has 0 amide bonds. The standard InChI is InChI=1S/C40H62O13/c1-19-11-26-7-9-29-20(2)12-25(48-29)6-5-22(42)15-33-35(45)39-40(53-33)36(46)38-30(52-39)10-8-27(50-38)13-23(43)14-28-32(17-31(49-26)21(19)3)51-34(37(28)47-4)16-24(44)18-41/h19-20,24-41,44-46H,3,5-18H2,1-2,4H3/t19-,20?,24?,25?,26+,27?,28?,29+,30?,31?,32+,33-,34?,35?,36?,37-,38+,39+,40?/m1/s1. The Morgan fingerprint density at radius 1 is 0.736 bits per heavy atom. The third-order valence-corrected chi connectivity index (χ3v) is 13.4. The van der Waals surface area contributed by atoms with Crippen LogP contribution in [-0.4, -0.2) is 143 Å². The summed E-state index contributed by atoms with van der Waals surface area (Å²) in [6, 6.07) is 0. The van der Waals surface area contributed by atoms with E-state index < -0.39 is 79.9 Å². The average molecular weight is 751 g/mol. The van der Waals surface area contributed by atoms with Crippen LogP contribution in [0.3, 0.4) is 0 Å². The molecule has 19 atom stereocenters. The Bertz CT molecular complexity index is 1290. The molecule has 0 aromatic heterocycles. The van der Waals surface area contributed by atoms with E-state index in [1.807, 2.05) is 0 Å². The molecule has 7 aliphatic heterocycles. The first kappa shape index (κ1) is 39.9. The lowest BCUT2D eigenvalue weighted by Gasteiger charge is -2.46. The quantitative estimate of drug-likeness (QED) is 0.308. The van der Waals surface area contributed by atoms with Crippen LogP contribution in [0.5, 0.6) is 0 Å². The maximum Gasteiger partial charge on any atom is 0.135 e. The minimum absolute atomic E-state index is 0.00160. The van der Waals surface area contributed by atoms with Gasteiger partial charge in [-0.3, -0.25) is 9.59 Å². The molecule has 0 spiro atoms. The van der Waals surface area contributed by atoms with Gasteiger partial charge in [0.25, 0.3) is 0 Å². The fourth-order valence-corrected chi connectivity index (χ4v) is 10.5. The van der Waals surface area contributed by atoms with E-state index in [-0.39, 0.29) is 73.5 Å². The summed E-state index contributed by atoms with van der Waals surface area (Å²) in [5.74, 6) is 0.194. The summed E-state index contributed by atoms with van der Waals surface area (Å²) in [7, 11) is 1.59. The van der Waals surface area contributed by atoms with Crippen LogP contribution in [0.15, 0.2) is 12.2 Å². The summed E-state index contributed by atoms with van der Waals surface area (Å²) in [5, 5.41) is 42.6. The van der Waals surface area contributed by atoms with E-state index in [0.717, 1.165) is 31.3 Å². The molecule has 0 radical (unpaired) electrons. The topological polar surface area (TPSA) is 180 Å². The van der Waals surface area contributed by atoms with Crippen molar-refractivity contribution in [2.24, 2.45) is 17.8 Å². The minimum atomic E-state index is -1.09. The highest BCUT2D eigenvalue weighted by Crippen LogP contribution is 2.43. The zero-order valence-corrected chi connectivity index (χ0v) is 31.5. The van der Waals surface area contributed by atoms with Crippen LogP contribution in [0.1, 0.15) is 97.3 Å². The molecule has 7 fully saturated rings. The summed E-state index contributed by atoms with van der Waals surface area (Å²) < 4.78 is 44.5. The van der Waals surface area contributed by atoms with Crippen LogP contribution in [0, 0.1) is 17.8 Å². The highest BCUT2D eigenvalue weighted by molar-refractivity contribution is 5.79. The number of carbonyl (C=O) groups is 2. The number of hydrogen-bond acceptors (Lipinski definition) is 13. The summed E-state index contributed by atoms with van der Waals surface area (Å²) >= 11 is 0. The van der Waals surface area contributed by atoms with Crippen molar-refractivity contribution in [1.29, 1.82) is 0 Å². The molecule has 300 valence electrons. The third-order valence-electron chi connectivity index (χ3n) is 13.4. The van der Waals surface area contributed by atoms with Crippen LogP contribution in [0.25, 0.3) is 0 Å². The fourth-order valence-electron chi connectivity index (χ4n) is 10.5. The van der Waals surface area contributed by atoms with Gasteiger partial charge in [-0.05, 0) is 62.4 Å². The van der Waals surface area contributed by atoms with Gasteiger partial charge in [0.1, 0.15) is 42.1 Å². The molecule has 53 heavy (non-hydrogen) atoms. The lowest BCUT2D eigenvalue weighted by atomic mass is 9.81. The van der Waals surface area contributed by atoms with Crippen LogP contribution in [0.2, 0.25) is 0 Å². The van der Waals surface area contributed by atoms with E-state index in [1.54, 1.807) is 7.11 Å². The monoisotopic (exact) mass is 750 g/mol. The zero-order valence-electron chi connectivity index (χ0n) is 31.5. The number of Topliss-reactive ketones (excluding diaryl/α,β-unsaturated/α-hetero) is 2. The Hall–Kier alpha value is -1.36. The number of carbonyl (C=O) groups excluding carboxylic acids is 2. The van der Waals surface area contributed by atoms with Gasteiger partial charge in [-0.25, -0.2) is 0 Å². The van der Waals surface area contributed by atoms with Gasteiger partial charge < -0.3 is 53.6 Å². The normalized spacial score (nSPS) is 49.1. The van der Waals surface area contributed by atoms with Gasteiger partial charge in [-0.2, -0.15) is 0 Å². The highest BCUT2D eigenvalue weighted by atomic mass is 16.6. The van der Waals surface area contributed by atoms with Crippen molar-refractivity contribution in [3.05, 3.63) is 12.2 Å². The van der Waals surface area contributed by atoms with Gasteiger partial charge >= 0.3 is 0 Å². The molecule has 4 N–H and O–H groups in total. The first-order valence-corrected chi connectivity index (χ1v) is 20.2. The molecule has 7 rings (SSSR count). The number of ketones is 2. The van der Waals surface area contributed by atoms with Gasteiger partial charge in [0.2, 0.25) is 0 Å². The summed E-state index contributed by atoms with van der Waals surface area (Å²) in [6.07, 6.45) is -2.50. The SMILES string of the molecule is C=C1C2C[C@@H]3OC(CC(O)CO)[C@H](OC)C3CC(=O)CC3CCC4O[C@@H]5C(O[C@H](CC(=O)CCC6CC(C)[C@H](CC[C@@H](C[C@H]1C)O2)O6)C5O)C(O)[C@H]4O3. The second kappa shape index (κ2) is 17.0. The van der Waals surface area contributed by atoms with Crippen molar-refractivity contribution >= 4 is 11.6 Å². The molecule has 7 saturated heterocycles. The first-order valence-electron chi connectivity index (χ1n) is 20.2. The molecule has 0 aliphatic carbocycles. The van der Waals surface area contributed by atoms with Crippen molar-refractivity contribution in [2.45, 2.75) is 195 Å². The second-order valence-electron chi connectivity index (χ2n) is 17.2. The van der Waals surface area contributed by atoms with E-state index in [4.69, 9.17) is 33.2 Å². The number of aliphatic hydroxyl groups excluding tert-OH is 4. The van der Waals surface area contributed by atoms with Crippen LogP contribution >= 0.6 is 0 Å². The van der Waals surface area contributed by atoms with Crippen LogP contribution < -0.4 is 0 Å². The van der Waals surface area contributed by atoms with Gasteiger partial charge in [0.15, 0.2) is 0 Å². The van der Waals surface area contributed by atoms with Crippen LogP contribution in [0.4, 0.5) is 0 Å². The van der Waals surface area contributed by atoms with E-state index in [1.165, 1.54) is 0 Å². The lowest BCUT2D eigenvalue weighted by molar-refractivity contribution is -0.259. The predicted molar refractivity (Wildman–Crippen MR) is 189 cm³/mol. The number of ether oxygens (including phenoxy) is 7.